The van der Waals surface area contributed by atoms with E-state index in [4.69, 9.17) is 0 Å². The zero-order chi connectivity index (χ0) is 23.5. The predicted molar refractivity (Wildman–Crippen MR) is 124 cm³/mol. The topological polar surface area (TPSA) is 81.2 Å². The standard InChI is InChI=1S/C23H36N4O4S/c1-18-13-19(2)16-27(15-18)32(30,31)21-8-5-7-20(14-21)23(29)26-10-6-9-25(11-12-26)17-22(28)24(3)4/h5,7-8,14,18-19H,6,9-13,15-17H2,1-4H3. The number of piperidine rings is 1. The quantitative estimate of drug-likeness (QED) is 0.661. The Morgan fingerprint density at radius 3 is 2.38 bits per heavy atom. The van der Waals surface area contributed by atoms with Crippen molar-refractivity contribution in [1.29, 1.82) is 0 Å². The Kier molecular flexibility index (Phi) is 7.95. The number of amides is 2. The third-order valence-corrected chi connectivity index (χ3v) is 8.12. The van der Waals surface area contributed by atoms with Gasteiger partial charge in [-0.15, -0.1) is 0 Å². The number of sulfonamides is 1. The second-order valence-corrected chi connectivity index (χ2v) is 11.4. The largest absolute Gasteiger partial charge is 0.348 e. The average Bonchev–Trinajstić information content (AvgIpc) is 2.98. The monoisotopic (exact) mass is 464 g/mol. The van der Waals surface area contributed by atoms with Crippen molar-refractivity contribution in [1.82, 2.24) is 19.0 Å². The second-order valence-electron chi connectivity index (χ2n) is 9.51. The first-order valence-corrected chi connectivity index (χ1v) is 12.8. The molecule has 0 aromatic heterocycles. The van der Waals surface area contributed by atoms with Crippen LogP contribution in [0.3, 0.4) is 0 Å². The Hall–Kier alpha value is -1.97. The molecule has 0 bridgehead atoms. The molecule has 32 heavy (non-hydrogen) atoms. The molecular formula is C23H36N4O4S. The van der Waals surface area contributed by atoms with Crippen molar-refractivity contribution in [3.8, 4) is 0 Å². The third kappa shape index (κ3) is 5.88. The minimum Gasteiger partial charge on any atom is -0.348 e. The van der Waals surface area contributed by atoms with Crippen LogP contribution >= 0.6 is 0 Å². The molecule has 2 aliphatic rings. The maximum Gasteiger partial charge on any atom is 0.253 e. The second kappa shape index (κ2) is 10.3. The number of rotatable bonds is 5. The molecule has 2 amide bonds. The number of benzene rings is 1. The first-order valence-electron chi connectivity index (χ1n) is 11.4. The van der Waals surface area contributed by atoms with Crippen LogP contribution in [0.2, 0.25) is 0 Å². The fourth-order valence-corrected chi connectivity index (χ4v) is 6.31. The average molecular weight is 465 g/mol. The van der Waals surface area contributed by atoms with E-state index in [1.54, 1.807) is 46.4 Å². The zero-order valence-electron chi connectivity index (χ0n) is 19.7. The van der Waals surface area contributed by atoms with Gasteiger partial charge < -0.3 is 9.80 Å². The van der Waals surface area contributed by atoms with E-state index in [1.165, 1.54) is 6.07 Å². The summed E-state index contributed by atoms with van der Waals surface area (Å²) in [5.41, 5.74) is 0.391. The van der Waals surface area contributed by atoms with Crippen LogP contribution in [-0.2, 0) is 14.8 Å². The molecule has 9 heteroatoms. The van der Waals surface area contributed by atoms with Crippen molar-refractivity contribution < 1.29 is 18.0 Å². The molecule has 2 heterocycles. The van der Waals surface area contributed by atoms with Gasteiger partial charge in [-0.05, 0) is 42.9 Å². The van der Waals surface area contributed by atoms with Crippen LogP contribution in [0, 0.1) is 11.8 Å². The Morgan fingerprint density at radius 1 is 1.03 bits per heavy atom. The molecule has 2 fully saturated rings. The van der Waals surface area contributed by atoms with Crippen LogP contribution in [0.25, 0.3) is 0 Å². The van der Waals surface area contributed by atoms with Crippen molar-refractivity contribution in [2.75, 3.05) is 59.9 Å². The van der Waals surface area contributed by atoms with Gasteiger partial charge in [0.1, 0.15) is 0 Å². The molecule has 3 rings (SSSR count). The van der Waals surface area contributed by atoms with Crippen LogP contribution in [0.4, 0.5) is 0 Å². The Bertz CT molecular complexity index is 924. The molecule has 0 radical (unpaired) electrons. The first kappa shape index (κ1) is 24.7. The summed E-state index contributed by atoms with van der Waals surface area (Å²) in [7, 11) is -0.163. The summed E-state index contributed by atoms with van der Waals surface area (Å²) in [5.74, 6) is 0.516. The van der Waals surface area contributed by atoms with Gasteiger partial charge in [-0.25, -0.2) is 8.42 Å². The van der Waals surface area contributed by atoms with Crippen LogP contribution in [0.1, 0.15) is 37.0 Å². The van der Waals surface area contributed by atoms with Crippen molar-refractivity contribution in [3.05, 3.63) is 29.8 Å². The molecule has 2 saturated heterocycles. The normalized spacial score (nSPS) is 23.6. The van der Waals surface area contributed by atoms with Gasteiger partial charge >= 0.3 is 0 Å². The summed E-state index contributed by atoms with van der Waals surface area (Å²) in [6.45, 7) is 7.99. The van der Waals surface area contributed by atoms with Gasteiger partial charge in [-0.2, -0.15) is 4.31 Å². The van der Waals surface area contributed by atoms with E-state index >= 15 is 0 Å². The number of carbonyl (C=O) groups excluding carboxylic acids is 2. The molecule has 2 atom stereocenters. The van der Waals surface area contributed by atoms with Gasteiger partial charge in [0.2, 0.25) is 15.9 Å². The lowest BCUT2D eigenvalue weighted by molar-refractivity contribution is -0.129. The fraction of sp³-hybridized carbons (Fsp3) is 0.652. The molecule has 0 spiro atoms. The Balaban J connectivity index is 1.70. The zero-order valence-corrected chi connectivity index (χ0v) is 20.5. The van der Waals surface area contributed by atoms with Crippen LogP contribution in [0.15, 0.2) is 29.2 Å². The highest BCUT2D eigenvalue weighted by atomic mass is 32.2. The van der Waals surface area contributed by atoms with E-state index < -0.39 is 10.0 Å². The molecule has 1 aromatic carbocycles. The van der Waals surface area contributed by atoms with Crippen molar-refractivity contribution >= 4 is 21.8 Å². The number of carbonyl (C=O) groups is 2. The smallest absolute Gasteiger partial charge is 0.253 e. The van der Waals surface area contributed by atoms with E-state index in [0.29, 0.717) is 56.7 Å². The van der Waals surface area contributed by atoms with Gasteiger partial charge in [0, 0.05) is 58.9 Å². The number of likely N-dealkylation sites (N-methyl/N-ethyl adjacent to an activating group) is 1. The molecular weight excluding hydrogens is 428 g/mol. The van der Waals surface area contributed by atoms with Crippen LogP contribution in [0.5, 0.6) is 0 Å². The highest BCUT2D eigenvalue weighted by Crippen LogP contribution is 2.27. The molecule has 0 N–H and O–H groups in total. The number of hydrogen-bond donors (Lipinski definition) is 0. The van der Waals surface area contributed by atoms with Crippen molar-refractivity contribution in [2.45, 2.75) is 31.6 Å². The van der Waals surface area contributed by atoms with Crippen molar-refractivity contribution in [2.24, 2.45) is 11.8 Å². The van der Waals surface area contributed by atoms with E-state index in [2.05, 4.69) is 18.7 Å². The molecule has 2 unspecified atom stereocenters. The molecule has 0 saturated carbocycles. The minimum atomic E-state index is -3.64. The summed E-state index contributed by atoms with van der Waals surface area (Å²) in [5, 5.41) is 0. The van der Waals surface area contributed by atoms with Gasteiger partial charge in [0.05, 0.1) is 11.4 Å². The van der Waals surface area contributed by atoms with Gasteiger partial charge in [-0.1, -0.05) is 19.9 Å². The summed E-state index contributed by atoms with van der Waals surface area (Å²) >= 11 is 0. The summed E-state index contributed by atoms with van der Waals surface area (Å²) in [6, 6.07) is 6.42. The fourth-order valence-electron chi connectivity index (χ4n) is 4.59. The van der Waals surface area contributed by atoms with Gasteiger partial charge in [-0.3, -0.25) is 14.5 Å². The first-order chi connectivity index (χ1) is 15.1. The SMILES string of the molecule is CC1CC(C)CN(S(=O)(=O)c2cccc(C(=O)N3CCCN(CC(=O)N(C)C)CC3)c2)C1. The van der Waals surface area contributed by atoms with Gasteiger partial charge in [0.15, 0.2) is 0 Å². The lowest BCUT2D eigenvalue weighted by Crippen LogP contribution is -2.42. The minimum absolute atomic E-state index is 0.0454. The predicted octanol–water partition coefficient (Wildman–Crippen LogP) is 1.59. The van der Waals surface area contributed by atoms with E-state index in [-0.39, 0.29) is 16.7 Å². The molecule has 1 aromatic rings. The maximum absolute atomic E-state index is 13.2. The number of nitrogens with zero attached hydrogens (tertiary/aromatic N) is 4. The summed E-state index contributed by atoms with van der Waals surface area (Å²) in [4.78, 5) is 30.8. The maximum atomic E-state index is 13.2. The molecule has 8 nitrogen and oxygen atoms in total. The van der Waals surface area contributed by atoms with E-state index in [1.807, 2.05) is 0 Å². The van der Waals surface area contributed by atoms with Crippen molar-refractivity contribution in [3.63, 3.8) is 0 Å². The lowest BCUT2D eigenvalue weighted by atomic mass is 9.94. The molecule has 2 aliphatic heterocycles. The van der Waals surface area contributed by atoms with Crippen LogP contribution < -0.4 is 0 Å². The highest BCUT2D eigenvalue weighted by Gasteiger charge is 2.32. The Labute approximate surface area is 192 Å². The van der Waals surface area contributed by atoms with Crippen LogP contribution in [-0.4, -0.2) is 99.1 Å². The highest BCUT2D eigenvalue weighted by molar-refractivity contribution is 7.89. The van der Waals surface area contributed by atoms with E-state index in [0.717, 1.165) is 19.4 Å². The molecule has 0 aliphatic carbocycles. The summed E-state index contributed by atoms with van der Waals surface area (Å²) < 4.78 is 28.0. The molecule has 178 valence electrons. The van der Waals surface area contributed by atoms with E-state index in [9.17, 15) is 18.0 Å². The van der Waals surface area contributed by atoms with Gasteiger partial charge in [0.25, 0.3) is 5.91 Å². The summed E-state index contributed by atoms with van der Waals surface area (Å²) in [6.07, 6.45) is 1.80. The number of hydrogen-bond acceptors (Lipinski definition) is 5. The lowest BCUT2D eigenvalue weighted by Gasteiger charge is -2.34. The third-order valence-electron chi connectivity index (χ3n) is 6.29. The Morgan fingerprint density at radius 2 is 1.72 bits per heavy atom.